The number of non-ortho nitro benzene ring substituents is 1. The van der Waals surface area contributed by atoms with Crippen molar-refractivity contribution in [1.82, 2.24) is 5.32 Å². The molecule has 0 spiro atoms. The molecule has 1 aliphatic rings. The highest BCUT2D eigenvalue weighted by Gasteiger charge is 2.18. The summed E-state index contributed by atoms with van der Waals surface area (Å²) in [6, 6.07) is 12.4. The molecule has 0 radical (unpaired) electrons. The van der Waals surface area contributed by atoms with Gasteiger partial charge in [0.25, 0.3) is 5.69 Å². The molecule has 6 nitrogen and oxygen atoms in total. The van der Waals surface area contributed by atoms with Gasteiger partial charge >= 0.3 is 0 Å². The van der Waals surface area contributed by atoms with Gasteiger partial charge in [-0.1, -0.05) is 6.07 Å². The number of hydrogen-bond acceptors (Lipinski definition) is 5. The lowest BCUT2D eigenvalue weighted by Crippen LogP contribution is -2.08. The molecule has 0 bridgehead atoms. The fourth-order valence-electron chi connectivity index (χ4n) is 2.87. The van der Waals surface area contributed by atoms with E-state index in [0.29, 0.717) is 24.0 Å². The summed E-state index contributed by atoms with van der Waals surface area (Å²) in [4.78, 5) is 10.3. The predicted octanol–water partition coefficient (Wildman–Crippen LogP) is 3.26. The maximum Gasteiger partial charge on any atom is 0.269 e. The summed E-state index contributed by atoms with van der Waals surface area (Å²) in [5, 5.41) is 14.0. The number of hydrogen-bond donors (Lipinski definition) is 1. The van der Waals surface area contributed by atoms with Crippen LogP contribution in [0.4, 0.5) is 5.69 Å². The molecular formula is C18H20N2O4. The van der Waals surface area contributed by atoms with Crippen molar-refractivity contribution >= 4 is 5.69 Å². The maximum atomic E-state index is 10.7. The van der Waals surface area contributed by atoms with Crippen LogP contribution in [0.25, 0.3) is 0 Å². The smallest absolute Gasteiger partial charge is 0.269 e. The van der Waals surface area contributed by atoms with E-state index in [9.17, 15) is 10.1 Å². The number of ether oxygens (including phenoxy) is 2. The molecule has 1 unspecified atom stereocenters. The molecule has 6 heteroatoms. The average molecular weight is 328 g/mol. The number of methoxy groups -OCH3 is 1. The van der Waals surface area contributed by atoms with Gasteiger partial charge in [0.2, 0.25) is 0 Å². The third-order valence-corrected chi connectivity index (χ3v) is 4.26. The molecule has 0 aliphatic carbocycles. The summed E-state index contributed by atoms with van der Waals surface area (Å²) in [7, 11) is 1.63. The van der Waals surface area contributed by atoms with Crippen molar-refractivity contribution in [3.63, 3.8) is 0 Å². The van der Waals surface area contributed by atoms with Gasteiger partial charge in [-0.15, -0.1) is 0 Å². The first kappa shape index (κ1) is 16.3. The molecule has 126 valence electrons. The molecule has 2 aromatic carbocycles. The number of nitrogens with zero attached hydrogens (tertiary/aromatic N) is 1. The Kier molecular flexibility index (Phi) is 4.96. The Balaban J connectivity index is 1.68. The molecular weight excluding hydrogens is 308 g/mol. The van der Waals surface area contributed by atoms with Gasteiger partial charge in [0.1, 0.15) is 6.61 Å². The minimum atomic E-state index is -0.412. The van der Waals surface area contributed by atoms with Crippen LogP contribution in [0.15, 0.2) is 42.5 Å². The van der Waals surface area contributed by atoms with Gasteiger partial charge in [0.15, 0.2) is 11.5 Å². The van der Waals surface area contributed by atoms with Crippen molar-refractivity contribution in [2.45, 2.75) is 18.9 Å². The molecule has 1 N–H and O–H groups in total. The zero-order chi connectivity index (χ0) is 16.9. The fourth-order valence-corrected chi connectivity index (χ4v) is 2.87. The Morgan fingerprint density at radius 1 is 1.21 bits per heavy atom. The van der Waals surface area contributed by atoms with Crippen molar-refractivity contribution < 1.29 is 14.4 Å². The van der Waals surface area contributed by atoms with E-state index in [0.717, 1.165) is 25.1 Å². The highest BCUT2D eigenvalue weighted by atomic mass is 16.6. The third-order valence-electron chi connectivity index (χ3n) is 4.26. The number of nitro benzene ring substituents is 1. The van der Waals surface area contributed by atoms with Crippen molar-refractivity contribution in [3.05, 3.63) is 63.7 Å². The first-order chi connectivity index (χ1) is 11.7. The molecule has 1 saturated heterocycles. The molecule has 0 aromatic heterocycles. The second kappa shape index (κ2) is 7.31. The fraction of sp³-hybridized carbons (Fsp3) is 0.333. The minimum absolute atomic E-state index is 0.0749. The molecule has 1 aliphatic heterocycles. The SMILES string of the molecule is COc1cc(C2CCNC2)ccc1OCc1ccc([N+](=O)[O-])cc1. The number of nitro groups is 1. The molecule has 24 heavy (non-hydrogen) atoms. The topological polar surface area (TPSA) is 73.6 Å². The normalized spacial score (nSPS) is 16.8. The first-order valence-corrected chi connectivity index (χ1v) is 7.92. The van der Waals surface area contributed by atoms with Gasteiger partial charge in [-0.25, -0.2) is 0 Å². The van der Waals surface area contributed by atoms with Crippen LogP contribution >= 0.6 is 0 Å². The summed E-state index contributed by atoms with van der Waals surface area (Å²) in [5.74, 6) is 1.90. The van der Waals surface area contributed by atoms with Crippen LogP contribution in [-0.4, -0.2) is 25.1 Å². The molecule has 1 atom stereocenters. The lowest BCUT2D eigenvalue weighted by Gasteiger charge is -2.15. The first-order valence-electron chi connectivity index (χ1n) is 7.92. The van der Waals surface area contributed by atoms with E-state index in [1.54, 1.807) is 19.2 Å². The largest absolute Gasteiger partial charge is 0.493 e. The maximum absolute atomic E-state index is 10.7. The zero-order valence-corrected chi connectivity index (χ0v) is 13.5. The Bertz CT molecular complexity index is 709. The monoisotopic (exact) mass is 328 g/mol. The lowest BCUT2D eigenvalue weighted by molar-refractivity contribution is -0.384. The predicted molar refractivity (Wildman–Crippen MR) is 90.7 cm³/mol. The van der Waals surface area contributed by atoms with Gasteiger partial charge in [0, 0.05) is 18.7 Å². The minimum Gasteiger partial charge on any atom is -0.493 e. The zero-order valence-electron chi connectivity index (χ0n) is 13.5. The van der Waals surface area contributed by atoms with E-state index in [2.05, 4.69) is 11.4 Å². The van der Waals surface area contributed by atoms with E-state index in [4.69, 9.17) is 9.47 Å². The summed E-state index contributed by atoms with van der Waals surface area (Å²) in [6.07, 6.45) is 1.13. The van der Waals surface area contributed by atoms with Crippen LogP contribution in [0.1, 0.15) is 23.5 Å². The second-order valence-electron chi connectivity index (χ2n) is 5.81. The van der Waals surface area contributed by atoms with Crippen LogP contribution in [0.3, 0.4) is 0 Å². The number of benzene rings is 2. The third kappa shape index (κ3) is 3.65. The van der Waals surface area contributed by atoms with Gasteiger partial charge in [-0.2, -0.15) is 0 Å². The van der Waals surface area contributed by atoms with E-state index >= 15 is 0 Å². The van der Waals surface area contributed by atoms with E-state index in [1.165, 1.54) is 17.7 Å². The summed E-state index contributed by atoms with van der Waals surface area (Å²) in [5.41, 5.74) is 2.19. The van der Waals surface area contributed by atoms with Gasteiger partial charge in [0.05, 0.1) is 12.0 Å². The van der Waals surface area contributed by atoms with Gasteiger partial charge in [-0.05, 0) is 54.3 Å². The lowest BCUT2D eigenvalue weighted by atomic mass is 9.98. The second-order valence-corrected chi connectivity index (χ2v) is 5.81. The molecule has 1 fully saturated rings. The van der Waals surface area contributed by atoms with Crippen molar-refractivity contribution in [3.8, 4) is 11.5 Å². The van der Waals surface area contributed by atoms with Crippen LogP contribution in [-0.2, 0) is 6.61 Å². The molecule has 0 amide bonds. The molecule has 3 rings (SSSR count). The van der Waals surface area contributed by atoms with Crippen molar-refractivity contribution in [2.24, 2.45) is 0 Å². The molecule has 2 aromatic rings. The van der Waals surface area contributed by atoms with E-state index < -0.39 is 4.92 Å². The summed E-state index contributed by atoms with van der Waals surface area (Å²) in [6.45, 7) is 2.37. The molecule has 1 heterocycles. The standard InChI is InChI=1S/C18H20N2O4/c1-23-18-10-14(15-8-9-19-11-15)4-7-17(18)24-12-13-2-5-16(6-3-13)20(21)22/h2-7,10,15,19H,8-9,11-12H2,1H3. The Hall–Kier alpha value is -2.60. The highest BCUT2D eigenvalue weighted by molar-refractivity contribution is 5.44. The van der Waals surface area contributed by atoms with E-state index in [-0.39, 0.29) is 5.69 Å². The summed E-state index contributed by atoms with van der Waals surface area (Å²) < 4.78 is 11.3. The van der Waals surface area contributed by atoms with Crippen molar-refractivity contribution in [2.75, 3.05) is 20.2 Å². The Morgan fingerprint density at radius 2 is 2.00 bits per heavy atom. The van der Waals surface area contributed by atoms with E-state index in [1.807, 2.05) is 12.1 Å². The molecule has 0 saturated carbocycles. The van der Waals surface area contributed by atoms with Crippen LogP contribution in [0, 0.1) is 10.1 Å². The van der Waals surface area contributed by atoms with Crippen LogP contribution in [0.2, 0.25) is 0 Å². The van der Waals surface area contributed by atoms with Crippen LogP contribution in [0.5, 0.6) is 11.5 Å². The van der Waals surface area contributed by atoms with Crippen molar-refractivity contribution in [1.29, 1.82) is 0 Å². The number of rotatable bonds is 6. The van der Waals surface area contributed by atoms with Gasteiger partial charge < -0.3 is 14.8 Å². The Labute approximate surface area is 140 Å². The quantitative estimate of drug-likeness (QED) is 0.651. The highest BCUT2D eigenvalue weighted by Crippen LogP contribution is 2.33. The van der Waals surface area contributed by atoms with Crippen LogP contribution < -0.4 is 14.8 Å². The average Bonchev–Trinajstić information content (AvgIpc) is 3.14. The Morgan fingerprint density at radius 3 is 2.62 bits per heavy atom. The number of nitrogens with one attached hydrogen (secondary N) is 1. The summed E-state index contributed by atoms with van der Waals surface area (Å²) >= 11 is 0. The van der Waals surface area contributed by atoms with Gasteiger partial charge in [-0.3, -0.25) is 10.1 Å².